The lowest BCUT2D eigenvalue weighted by Gasteiger charge is -2.38. The zero-order valence-corrected chi connectivity index (χ0v) is 17.0. The highest BCUT2D eigenvalue weighted by atomic mass is 19.1. The number of amides is 1. The minimum atomic E-state index is -0.256. The predicted molar refractivity (Wildman–Crippen MR) is 116 cm³/mol. The van der Waals surface area contributed by atoms with Crippen molar-refractivity contribution in [1.29, 1.82) is 0 Å². The number of hydrogen-bond acceptors (Lipinski definition) is 3. The van der Waals surface area contributed by atoms with Crippen LogP contribution in [0.5, 0.6) is 5.75 Å². The summed E-state index contributed by atoms with van der Waals surface area (Å²) in [6, 6.07) is 22.3. The highest BCUT2D eigenvalue weighted by Gasteiger charge is 2.29. The molecule has 3 aromatic carbocycles. The summed E-state index contributed by atoms with van der Waals surface area (Å²) in [4.78, 5) is 14.8. The molecule has 30 heavy (non-hydrogen) atoms. The number of ether oxygens (including phenoxy) is 1. The number of hydrogen-bond donors (Lipinski definition) is 1. The Hall–Kier alpha value is -3.34. The van der Waals surface area contributed by atoms with Crippen LogP contribution in [0.1, 0.15) is 23.1 Å². The van der Waals surface area contributed by atoms with E-state index in [2.05, 4.69) is 10.2 Å². The van der Waals surface area contributed by atoms with Gasteiger partial charge in [0.25, 0.3) is 0 Å². The van der Waals surface area contributed by atoms with Crippen molar-refractivity contribution in [2.75, 3.05) is 11.5 Å². The fourth-order valence-electron chi connectivity index (χ4n) is 3.65. The average molecular weight is 404 g/mol. The van der Waals surface area contributed by atoms with Crippen molar-refractivity contribution in [3.8, 4) is 5.75 Å². The molecule has 0 saturated carbocycles. The molecule has 1 heterocycles. The summed E-state index contributed by atoms with van der Waals surface area (Å²) in [6.45, 7) is 3.55. The van der Waals surface area contributed by atoms with E-state index in [9.17, 15) is 9.18 Å². The van der Waals surface area contributed by atoms with Gasteiger partial charge in [-0.25, -0.2) is 4.39 Å². The summed E-state index contributed by atoms with van der Waals surface area (Å²) in [5.41, 5.74) is 4.20. The van der Waals surface area contributed by atoms with E-state index in [0.717, 1.165) is 22.6 Å². The van der Waals surface area contributed by atoms with Gasteiger partial charge >= 0.3 is 0 Å². The van der Waals surface area contributed by atoms with Crippen molar-refractivity contribution in [3.05, 3.63) is 95.3 Å². The molecule has 0 saturated heterocycles. The number of nitrogens with one attached hydrogen (secondary N) is 1. The standard InChI is InChI=1S/C25H25FN2O2/c1-18-6-8-19(9-7-18)15-27-25(29)14-22-17-30-24-5-3-2-4-23(24)28(22)16-20-10-12-21(26)13-11-20/h2-13,22H,14-17H2,1H3,(H,27,29)/t22-/m1/s1. The van der Waals surface area contributed by atoms with Crippen LogP contribution in [0.15, 0.2) is 72.8 Å². The molecule has 0 spiro atoms. The number of carbonyl (C=O) groups excluding carboxylic acids is 1. The summed E-state index contributed by atoms with van der Waals surface area (Å²) in [6.07, 6.45) is 0.321. The highest BCUT2D eigenvalue weighted by molar-refractivity contribution is 5.77. The van der Waals surface area contributed by atoms with Crippen LogP contribution in [0.2, 0.25) is 0 Å². The zero-order chi connectivity index (χ0) is 20.9. The molecule has 1 amide bonds. The van der Waals surface area contributed by atoms with Gasteiger partial charge in [-0.3, -0.25) is 4.79 Å². The molecule has 0 aromatic heterocycles. The number of anilines is 1. The second-order valence-corrected chi connectivity index (χ2v) is 7.65. The van der Waals surface area contributed by atoms with Crippen molar-refractivity contribution >= 4 is 11.6 Å². The molecule has 4 nitrogen and oxygen atoms in total. The molecular formula is C25H25FN2O2. The van der Waals surface area contributed by atoms with E-state index < -0.39 is 0 Å². The molecule has 1 N–H and O–H groups in total. The van der Waals surface area contributed by atoms with Gasteiger partial charge in [0.1, 0.15) is 18.2 Å². The Morgan fingerprint density at radius 2 is 1.73 bits per heavy atom. The van der Waals surface area contributed by atoms with Crippen LogP contribution in [0, 0.1) is 12.7 Å². The number of para-hydroxylation sites is 2. The molecule has 1 aliphatic rings. The van der Waals surface area contributed by atoms with Crippen LogP contribution in [0.4, 0.5) is 10.1 Å². The molecule has 5 heteroatoms. The normalized spacial score (nSPS) is 15.3. The average Bonchev–Trinajstić information content (AvgIpc) is 2.76. The SMILES string of the molecule is Cc1ccc(CNC(=O)C[C@@H]2COc3ccccc3N2Cc2ccc(F)cc2)cc1. The molecule has 0 radical (unpaired) electrons. The quantitative estimate of drug-likeness (QED) is 0.652. The molecule has 0 fully saturated rings. The summed E-state index contributed by atoms with van der Waals surface area (Å²) < 4.78 is 19.2. The number of fused-ring (bicyclic) bond motifs is 1. The fraction of sp³-hybridized carbons (Fsp3) is 0.240. The first kappa shape index (κ1) is 20.0. The van der Waals surface area contributed by atoms with Crippen LogP contribution in [-0.4, -0.2) is 18.6 Å². The van der Waals surface area contributed by atoms with E-state index in [4.69, 9.17) is 4.74 Å². The van der Waals surface area contributed by atoms with E-state index >= 15 is 0 Å². The van der Waals surface area contributed by atoms with Crippen LogP contribution in [0.25, 0.3) is 0 Å². The van der Waals surface area contributed by atoms with Gasteiger partial charge in [-0.1, -0.05) is 54.1 Å². The van der Waals surface area contributed by atoms with Crippen molar-refractivity contribution in [3.63, 3.8) is 0 Å². The molecule has 0 unspecified atom stereocenters. The summed E-state index contributed by atoms with van der Waals surface area (Å²) >= 11 is 0. The van der Waals surface area contributed by atoms with Crippen molar-refractivity contribution in [2.45, 2.75) is 32.5 Å². The van der Waals surface area contributed by atoms with E-state index in [0.29, 0.717) is 26.1 Å². The monoisotopic (exact) mass is 404 g/mol. The maximum atomic E-state index is 13.3. The van der Waals surface area contributed by atoms with Crippen molar-refractivity contribution in [2.24, 2.45) is 0 Å². The van der Waals surface area contributed by atoms with Crippen LogP contribution < -0.4 is 15.0 Å². The minimum absolute atomic E-state index is 0.0207. The molecule has 0 aliphatic carbocycles. The Bertz CT molecular complexity index is 1000. The van der Waals surface area contributed by atoms with E-state index in [1.54, 1.807) is 12.1 Å². The number of benzene rings is 3. The van der Waals surface area contributed by atoms with Crippen LogP contribution in [-0.2, 0) is 17.9 Å². The number of carbonyl (C=O) groups is 1. The van der Waals surface area contributed by atoms with Crippen molar-refractivity contribution in [1.82, 2.24) is 5.32 Å². The Labute approximate surface area is 176 Å². The lowest BCUT2D eigenvalue weighted by molar-refractivity contribution is -0.121. The van der Waals surface area contributed by atoms with Crippen LogP contribution in [0.3, 0.4) is 0 Å². The molecule has 0 bridgehead atoms. The van der Waals surface area contributed by atoms with Crippen LogP contribution >= 0.6 is 0 Å². The van der Waals surface area contributed by atoms with Gasteiger partial charge in [0.15, 0.2) is 0 Å². The highest BCUT2D eigenvalue weighted by Crippen LogP contribution is 2.35. The topological polar surface area (TPSA) is 41.6 Å². The Kier molecular flexibility index (Phi) is 5.98. The maximum absolute atomic E-state index is 13.3. The van der Waals surface area contributed by atoms with E-state index in [1.165, 1.54) is 17.7 Å². The second kappa shape index (κ2) is 8.99. The van der Waals surface area contributed by atoms with Gasteiger partial charge in [0.05, 0.1) is 18.2 Å². The smallest absolute Gasteiger partial charge is 0.222 e. The first-order valence-electron chi connectivity index (χ1n) is 10.1. The number of aryl methyl sites for hydroxylation is 1. The minimum Gasteiger partial charge on any atom is -0.489 e. The predicted octanol–water partition coefficient (Wildman–Crippen LogP) is 4.61. The number of nitrogens with zero attached hydrogens (tertiary/aromatic N) is 1. The molecular weight excluding hydrogens is 379 g/mol. The lowest BCUT2D eigenvalue weighted by Crippen LogP contribution is -2.45. The van der Waals surface area contributed by atoms with E-state index in [1.807, 2.05) is 55.5 Å². The van der Waals surface area contributed by atoms with Gasteiger partial charge in [-0.2, -0.15) is 0 Å². The Morgan fingerprint density at radius 3 is 2.50 bits per heavy atom. The summed E-state index contributed by atoms with van der Waals surface area (Å²) in [7, 11) is 0. The van der Waals surface area contributed by atoms with Gasteiger partial charge in [-0.15, -0.1) is 0 Å². The number of rotatable bonds is 6. The molecule has 1 atom stereocenters. The maximum Gasteiger partial charge on any atom is 0.222 e. The first-order chi connectivity index (χ1) is 14.6. The molecule has 1 aliphatic heterocycles. The molecule has 154 valence electrons. The third-order valence-electron chi connectivity index (χ3n) is 5.34. The fourth-order valence-corrected chi connectivity index (χ4v) is 3.65. The second-order valence-electron chi connectivity index (χ2n) is 7.65. The van der Waals surface area contributed by atoms with Gasteiger partial charge in [-0.05, 0) is 42.3 Å². The van der Waals surface area contributed by atoms with E-state index in [-0.39, 0.29) is 17.8 Å². The lowest BCUT2D eigenvalue weighted by atomic mass is 10.1. The Morgan fingerprint density at radius 1 is 1.03 bits per heavy atom. The van der Waals surface area contributed by atoms with Gasteiger partial charge < -0.3 is 15.0 Å². The number of halogens is 1. The summed E-state index contributed by atoms with van der Waals surface area (Å²) in [5, 5.41) is 3.01. The first-order valence-corrected chi connectivity index (χ1v) is 10.1. The molecule has 4 rings (SSSR count). The third-order valence-corrected chi connectivity index (χ3v) is 5.34. The Balaban J connectivity index is 1.46. The third kappa shape index (κ3) is 4.79. The van der Waals surface area contributed by atoms with Gasteiger partial charge in [0, 0.05) is 13.1 Å². The molecule has 3 aromatic rings. The van der Waals surface area contributed by atoms with Crippen molar-refractivity contribution < 1.29 is 13.9 Å². The zero-order valence-electron chi connectivity index (χ0n) is 17.0. The summed E-state index contributed by atoms with van der Waals surface area (Å²) in [5.74, 6) is 0.525. The largest absolute Gasteiger partial charge is 0.489 e. The van der Waals surface area contributed by atoms with Gasteiger partial charge in [0.2, 0.25) is 5.91 Å².